The van der Waals surface area contributed by atoms with Gasteiger partial charge in [-0.15, -0.1) is 0 Å². The molecule has 0 aliphatic heterocycles. The van der Waals surface area contributed by atoms with Gasteiger partial charge < -0.3 is 13.6 Å². The Bertz CT molecular complexity index is 1670. The Balaban J connectivity index is 1.56. The Labute approximate surface area is 202 Å². The second-order valence-electron chi connectivity index (χ2n) is 8.21. The standard InChI is InChI=1S/C25H20F3N5O3/c1-3-32-20-8-6-15(11-18(20)29-14(2)23(32)35)22(34)31-24-30-19-12-16(25(26,27)28)7-9-21(19)33(24)13-17-5-4-10-36-17/h4-12H,3,13H2,1-2H3,(H,30,31,34). The number of nitrogens with one attached hydrogen (secondary N) is 1. The molecule has 0 saturated heterocycles. The van der Waals surface area contributed by atoms with Gasteiger partial charge in [0, 0.05) is 12.1 Å². The molecule has 5 aromatic rings. The summed E-state index contributed by atoms with van der Waals surface area (Å²) < 4.78 is 48.3. The third-order valence-corrected chi connectivity index (χ3v) is 5.88. The number of alkyl halides is 3. The minimum atomic E-state index is -4.53. The molecule has 5 rings (SSSR count). The lowest BCUT2D eigenvalue weighted by Gasteiger charge is -2.11. The molecule has 0 saturated carbocycles. The number of aryl methyl sites for hydroxylation is 2. The molecular formula is C25H20F3N5O3. The van der Waals surface area contributed by atoms with Crippen LogP contribution in [0.25, 0.3) is 22.1 Å². The molecule has 0 radical (unpaired) electrons. The zero-order chi connectivity index (χ0) is 25.6. The number of fused-ring (bicyclic) bond motifs is 2. The van der Waals surface area contributed by atoms with Crippen LogP contribution in [0.1, 0.15) is 34.3 Å². The second-order valence-corrected chi connectivity index (χ2v) is 8.21. The normalized spacial score (nSPS) is 11.9. The number of nitrogens with zero attached hydrogens (tertiary/aromatic N) is 4. The minimum Gasteiger partial charge on any atom is -0.467 e. The van der Waals surface area contributed by atoms with Crippen molar-refractivity contribution in [3.05, 3.63) is 87.7 Å². The number of amides is 1. The highest BCUT2D eigenvalue weighted by atomic mass is 19.4. The molecule has 0 atom stereocenters. The first-order chi connectivity index (χ1) is 17.2. The minimum absolute atomic E-state index is 0.0634. The highest BCUT2D eigenvalue weighted by Crippen LogP contribution is 2.32. The lowest BCUT2D eigenvalue weighted by atomic mass is 10.1. The molecule has 0 fully saturated rings. The smallest absolute Gasteiger partial charge is 0.416 e. The van der Waals surface area contributed by atoms with E-state index in [4.69, 9.17) is 4.42 Å². The molecule has 11 heteroatoms. The summed E-state index contributed by atoms with van der Waals surface area (Å²) in [6.45, 7) is 4.04. The van der Waals surface area contributed by atoms with Gasteiger partial charge in [0.2, 0.25) is 5.95 Å². The lowest BCUT2D eigenvalue weighted by molar-refractivity contribution is -0.137. The summed E-state index contributed by atoms with van der Waals surface area (Å²) in [4.78, 5) is 34.1. The number of imidazole rings is 1. The number of benzene rings is 2. The third-order valence-electron chi connectivity index (χ3n) is 5.88. The summed E-state index contributed by atoms with van der Waals surface area (Å²) in [6, 6.07) is 11.4. The summed E-state index contributed by atoms with van der Waals surface area (Å²) in [7, 11) is 0. The molecule has 0 bridgehead atoms. The number of hydrogen-bond donors (Lipinski definition) is 1. The van der Waals surface area contributed by atoms with Crippen molar-refractivity contribution in [1.29, 1.82) is 0 Å². The molecule has 1 N–H and O–H groups in total. The van der Waals surface area contributed by atoms with E-state index in [-0.39, 0.29) is 29.1 Å². The summed E-state index contributed by atoms with van der Waals surface area (Å²) >= 11 is 0. The van der Waals surface area contributed by atoms with Crippen LogP contribution in [0.5, 0.6) is 0 Å². The van der Waals surface area contributed by atoms with Crippen LogP contribution >= 0.6 is 0 Å². The largest absolute Gasteiger partial charge is 0.467 e. The van der Waals surface area contributed by atoms with Crippen LogP contribution < -0.4 is 10.9 Å². The van der Waals surface area contributed by atoms with Crippen LogP contribution in [0.15, 0.2) is 64.0 Å². The van der Waals surface area contributed by atoms with Crippen LogP contribution in [-0.2, 0) is 19.3 Å². The zero-order valence-corrected chi connectivity index (χ0v) is 19.3. The van der Waals surface area contributed by atoms with Gasteiger partial charge in [-0.1, -0.05) is 0 Å². The number of aromatic nitrogens is 4. The molecule has 184 valence electrons. The molecule has 8 nitrogen and oxygen atoms in total. The van der Waals surface area contributed by atoms with Crippen molar-refractivity contribution in [3.8, 4) is 0 Å². The highest BCUT2D eigenvalue weighted by Gasteiger charge is 2.31. The van der Waals surface area contributed by atoms with E-state index in [1.165, 1.54) is 12.3 Å². The number of furan rings is 1. The monoisotopic (exact) mass is 495 g/mol. The number of carbonyl (C=O) groups excluding carboxylic acids is 1. The fourth-order valence-electron chi connectivity index (χ4n) is 4.12. The highest BCUT2D eigenvalue weighted by molar-refractivity contribution is 6.05. The number of hydrogen-bond acceptors (Lipinski definition) is 5. The van der Waals surface area contributed by atoms with E-state index >= 15 is 0 Å². The fourth-order valence-corrected chi connectivity index (χ4v) is 4.12. The van der Waals surface area contributed by atoms with Gasteiger partial charge >= 0.3 is 6.18 Å². The first kappa shape index (κ1) is 23.3. The van der Waals surface area contributed by atoms with Gasteiger partial charge in [0.1, 0.15) is 11.5 Å². The van der Waals surface area contributed by atoms with Crippen molar-refractivity contribution in [2.24, 2.45) is 0 Å². The summed E-state index contributed by atoms with van der Waals surface area (Å²) in [6.07, 6.45) is -3.05. The summed E-state index contributed by atoms with van der Waals surface area (Å²) in [5.74, 6) is 0.0683. The van der Waals surface area contributed by atoms with Gasteiger partial charge in [-0.05, 0) is 62.4 Å². The van der Waals surface area contributed by atoms with E-state index < -0.39 is 17.6 Å². The van der Waals surface area contributed by atoms with Gasteiger partial charge in [-0.3, -0.25) is 14.9 Å². The maximum atomic E-state index is 13.2. The topological polar surface area (TPSA) is 95.0 Å². The predicted molar refractivity (Wildman–Crippen MR) is 127 cm³/mol. The number of halogens is 3. The predicted octanol–water partition coefficient (Wildman–Crippen LogP) is 4.99. The zero-order valence-electron chi connectivity index (χ0n) is 19.3. The van der Waals surface area contributed by atoms with Crippen molar-refractivity contribution in [3.63, 3.8) is 0 Å². The van der Waals surface area contributed by atoms with E-state index in [0.717, 1.165) is 12.1 Å². The average molecular weight is 495 g/mol. The quantitative estimate of drug-likeness (QED) is 0.371. The SMILES string of the molecule is CCn1c(=O)c(C)nc2cc(C(=O)Nc3nc4cc(C(F)(F)F)ccc4n3Cc3ccco3)ccc21. The Hall–Kier alpha value is -4.41. The van der Waals surface area contributed by atoms with Crippen LogP contribution in [0.4, 0.5) is 19.1 Å². The second kappa shape index (κ2) is 8.67. The van der Waals surface area contributed by atoms with Crippen molar-refractivity contribution in [1.82, 2.24) is 19.1 Å². The molecule has 3 aromatic heterocycles. The Morgan fingerprint density at radius 2 is 1.75 bits per heavy atom. The molecule has 0 unspecified atom stereocenters. The van der Waals surface area contributed by atoms with Gasteiger partial charge in [-0.25, -0.2) is 9.97 Å². The lowest BCUT2D eigenvalue weighted by Crippen LogP contribution is -2.23. The van der Waals surface area contributed by atoms with Gasteiger partial charge in [0.25, 0.3) is 11.5 Å². The van der Waals surface area contributed by atoms with E-state index in [1.54, 1.807) is 46.4 Å². The molecule has 0 aliphatic rings. The van der Waals surface area contributed by atoms with Crippen LogP contribution in [0, 0.1) is 6.92 Å². The molecule has 3 heterocycles. The molecule has 2 aromatic carbocycles. The van der Waals surface area contributed by atoms with Crippen molar-refractivity contribution >= 4 is 33.9 Å². The van der Waals surface area contributed by atoms with Crippen molar-refractivity contribution < 1.29 is 22.4 Å². The van der Waals surface area contributed by atoms with Gasteiger partial charge in [0.05, 0.1) is 40.4 Å². The Morgan fingerprint density at radius 3 is 2.44 bits per heavy atom. The molecule has 0 aliphatic carbocycles. The molecule has 0 spiro atoms. The first-order valence-corrected chi connectivity index (χ1v) is 11.1. The van der Waals surface area contributed by atoms with Crippen LogP contribution in [0.2, 0.25) is 0 Å². The van der Waals surface area contributed by atoms with Crippen molar-refractivity contribution in [2.45, 2.75) is 33.1 Å². The van der Waals surface area contributed by atoms with E-state index in [0.29, 0.717) is 34.5 Å². The van der Waals surface area contributed by atoms with E-state index in [9.17, 15) is 22.8 Å². The Morgan fingerprint density at radius 1 is 1.03 bits per heavy atom. The Kier molecular flexibility index (Phi) is 5.62. The van der Waals surface area contributed by atoms with E-state index in [2.05, 4.69) is 15.3 Å². The number of rotatable bonds is 5. The van der Waals surface area contributed by atoms with Crippen LogP contribution in [0.3, 0.4) is 0 Å². The fraction of sp³-hybridized carbons (Fsp3) is 0.200. The number of anilines is 1. The summed E-state index contributed by atoms with van der Waals surface area (Å²) in [5, 5.41) is 2.70. The third kappa shape index (κ3) is 4.12. The maximum Gasteiger partial charge on any atom is 0.416 e. The number of carbonyl (C=O) groups is 1. The molecular weight excluding hydrogens is 475 g/mol. The summed E-state index contributed by atoms with van der Waals surface area (Å²) in [5.41, 5.74) is 1.06. The first-order valence-electron chi connectivity index (χ1n) is 11.1. The maximum absolute atomic E-state index is 13.2. The molecule has 36 heavy (non-hydrogen) atoms. The van der Waals surface area contributed by atoms with Gasteiger partial charge in [0.15, 0.2) is 0 Å². The van der Waals surface area contributed by atoms with Gasteiger partial charge in [-0.2, -0.15) is 13.2 Å². The van der Waals surface area contributed by atoms with Crippen molar-refractivity contribution in [2.75, 3.05) is 5.32 Å². The average Bonchev–Trinajstić information content (AvgIpc) is 3.47. The van der Waals surface area contributed by atoms with E-state index in [1.807, 2.05) is 6.92 Å². The molecule has 1 amide bonds. The van der Waals surface area contributed by atoms with Crippen LogP contribution in [-0.4, -0.2) is 25.0 Å².